The highest BCUT2D eigenvalue weighted by molar-refractivity contribution is 9.10. The van der Waals surface area contributed by atoms with Gasteiger partial charge in [0, 0.05) is 10.4 Å². The second-order valence-corrected chi connectivity index (χ2v) is 6.28. The van der Waals surface area contributed by atoms with Crippen LogP contribution in [0.25, 0.3) is 0 Å². The monoisotopic (exact) mass is 307 g/mol. The molecule has 0 aromatic heterocycles. The summed E-state index contributed by atoms with van der Waals surface area (Å²) in [6.45, 7) is 2.11. The molecule has 1 rings (SSSR count). The minimum absolute atomic E-state index is 0.0684. The Bertz CT molecular complexity index is 447. The molecule has 1 atom stereocenters. The van der Waals surface area contributed by atoms with Gasteiger partial charge in [-0.1, -0.05) is 28.9 Å². The average Bonchev–Trinajstić information content (AvgIpc) is 2.12. The Hall–Kier alpha value is -0.590. The molecule has 0 saturated heterocycles. The maximum Gasteiger partial charge on any atom is 0.209 e. The second-order valence-electron chi connectivity index (χ2n) is 3.70. The van der Waals surface area contributed by atoms with E-state index in [1.54, 1.807) is 6.92 Å². The van der Waals surface area contributed by atoms with Crippen molar-refractivity contribution in [3.63, 3.8) is 0 Å². The topological polar surface area (TPSA) is 69.4 Å². The third kappa shape index (κ3) is 5.48. The predicted octanol–water partition coefficient (Wildman–Crippen LogP) is 1.75. The van der Waals surface area contributed by atoms with Gasteiger partial charge in [-0.15, -0.1) is 0 Å². The lowest BCUT2D eigenvalue weighted by atomic mass is 10.2. The van der Waals surface area contributed by atoms with Gasteiger partial charge < -0.3 is 4.74 Å². The molecular formula is C10H14BrNO3S. The van der Waals surface area contributed by atoms with Gasteiger partial charge in [0.2, 0.25) is 10.0 Å². The molecule has 1 aromatic carbocycles. The Morgan fingerprint density at radius 2 is 2.19 bits per heavy atom. The van der Waals surface area contributed by atoms with Crippen LogP contribution >= 0.6 is 15.9 Å². The lowest BCUT2D eigenvalue weighted by Crippen LogP contribution is -2.25. The van der Waals surface area contributed by atoms with Crippen LogP contribution in [0.4, 0.5) is 0 Å². The largest absolute Gasteiger partial charge is 0.493 e. The first-order valence-corrected chi connectivity index (χ1v) is 7.26. The Kier molecular flexibility index (Phi) is 4.76. The molecule has 16 heavy (non-hydrogen) atoms. The van der Waals surface area contributed by atoms with Crippen LogP contribution < -0.4 is 9.88 Å². The molecule has 90 valence electrons. The maximum absolute atomic E-state index is 10.8. The SMILES string of the molecule is CC(COc1cccc(Br)c1)CS(N)(=O)=O. The third-order valence-electron chi connectivity index (χ3n) is 1.85. The molecule has 0 fully saturated rings. The van der Waals surface area contributed by atoms with E-state index in [0.717, 1.165) is 4.47 Å². The highest BCUT2D eigenvalue weighted by Gasteiger charge is 2.11. The van der Waals surface area contributed by atoms with Crippen molar-refractivity contribution >= 4 is 26.0 Å². The molecule has 0 bridgehead atoms. The number of primary sulfonamides is 1. The van der Waals surface area contributed by atoms with E-state index in [9.17, 15) is 8.42 Å². The zero-order chi connectivity index (χ0) is 12.2. The molecule has 4 nitrogen and oxygen atoms in total. The number of halogens is 1. The Balaban J connectivity index is 2.46. The molecular weight excluding hydrogens is 294 g/mol. The molecule has 1 unspecified atom stereocenters. The molecule has 0 radical (unpaired) electrons. The van der Waals surface area contributed by atoms with Crippen molar-refractivity contribution in [1.29, 1.82) is 0 Å². The number of hydrogen-bond acceptors (Lipinski definition) is 3. The van der Waals surface area contributed by atoms with Gasteiger partial charge in [-0.2, -0.15) is 0 Å². The van der Waals surface area contributed by atoms with Crippen LogP contribution in [0.15, 0.2) is 28.7 Å². The van der Waals surface area contributed by atoms with E-state index in [2.05, 4.69) is 15.9 Å². The van der Waals surface area contributed by atoms with Gasteiger partial charge >= 0.3 is 0 Å². The zero-order valence-electron chi connectivity index (χ0n) is 8.89. The summed E-state index contributed by atoms with van der Waals surface area (Å²) in [6, 6.07) is 7.38. The summed E-state index contributed by atoms with van der Waals surface area (Å²) < 4.78 is 28.0. The fourth-order valence-corrected chi connectivity index (χ4v) is 2.51. The van der Waals surface area contributed by atoms with Gasteiger partial charge in [0.15, 0.2) is 0 Å². The quantitative estimate of drug-likeness (QED) is 0.901. The van der Waals surface area contributed by atoms with E-state index >= 15 is 0 Å². The number of ether oxygens (including phenoxy) is 1. The minimum atomic E-state index is -3.43. The van der Waals surface area contributed by atoms with E-state index in [4.69, 9.17) is 9.88 Å². The molecule has 0 heterocycles. The number of nitrogens with two attached hydrogens (primary N) is 1. The normalized spacial score (nSPS) is 13.4. The first kappa shape index (κ1) is 13.5. The van der Waals surface area contributed by atoms with Gasteiger partial charge in [0.1, 0.15) is 5.75 Å². The number of rotatable bonds is 5. The van der Waals surface area contributed by atoms with Crippen LogP contribution in [0, 0.1) is 5.92 Å². The first-order chi connectivity index (χ1) is 7.37. The molecule has 0 saturated carbocycles. The van der Waals surface area contributed by atoms with Crippen molar-refractivity contribution in [1.82, 2.24) is 0 Å². The molecule has 0 aliphatic heterocycles. The molecule has 2 N–H and O–H groups in total. The second kappa shape index (κ2) is 5.65. The van der Waals surface area contributed by atoms with Crippen LogP contribution in [-0.2, 0) is 10.0 Å². The zero-order valence-corrected chi connectivity index (χ0v) is 11.3. The van der Waals surface area contributed by atoms with Crippen molar-refractivity contribution in [2.24, 2.45) is 11.1 Å². The predicted molar refractivity (Wildman–Crippen MR) is 66.8 cm³/mol. The summed E-state index contributed by atoms with van der Waals surface area (Å²) in [5.74, 6) is 0.505. The van der Waals surface area contributed by atoms with Crippen LogP contribution in [0.5, 0.6) is 5.75 Å². The van der Waals surface area contributed by atoms with E-state index in [1.165, 1.54) is 0 Å². The number of benzene rings is 1. The molecule has 0 aliphatic carbocycles. The Morgan fingerprint density at radius 1 is 1.50 bits per heavy atom. The van der Waals surface area contributed by atoms with E-state index < -0.39 is 10.0 Å². The van der Waals surface area contributed by atoms with Gasteiger partial charge in [0.25, 0.3) is 0 Å². The number of sulfonamides is 1. The molecule has 1 aromatic rings. The number of hydrogen-bond donors (Lipinski definition) is 1. The standard InChI is InChI=1S/C10H14BrNO3S/c1-8(7-16(12,13)14)6-15-10-4-2-3-9(11)5-10/h2-5,8H,6-7H2,1H3,(H2,12,13,14). The molecule has 0 amide bonds. The summed E-state index contributed by atoms with van der Waals surface area (Å²) in [4.78, 5) is 0. The smallest absolute Gasteiger partial charge is 0.209 e. The third-order valence-corrected chi connectivity index (χ3v) is 3.37. The fraction of sp³-hybridized carbons (Fsp3) is 0.400. The lowest BCUT2D eigenvalue weighted by molar-refractivity contribution is 0.271. The van der Waals surface area contributed by atoms with E-state index in [0.29, 0.717) is 12.4 Å². The Labute approximate surface area is 104 Å². The van der Waals surface area contributed by atoms with Crippen LogP contribution in [0.3, 0.4) is 0 Å². The first-order valence-electron chi connectivity index (χ1n) is 4.75. The van der Waals surface area contributed by atoms with Crippen molar-refractivity contribution in [2.75, 3.05) is 12.4 Å². The molecule has 0 aliphatic rings. The van der Waals surface area contributed by atoms with Crippen LogP contribution in [0.1, 0.15) is 6.92 Å². The summed E-state index contributed by atoms with van der Waals surface area (Å²) in [5, 5.41) is 4.94. The summed E-state index contributed by atoms with van der Waals surface area (Å²) in [5.41, 5.74) is 0. The average molecular weight is 308 g/mol. The van der Waals surface area contributed by atoms with E-state index in [-0.39, 0.29) is 11.7 Å². The lowest BCUT2D eigenvalue weighted by Gasteiger charge is -2.11. The summed E-state index contributed by atoms with van der Waals surface area (Å²) in [7, 11) is -3.43. The van der Waals surface area contributed by atoms with Gasteiger partial charge in [-0.25, -0.2) is 13.6 Å². The Morgan fingerprint density at radius 3 is 2.75 bits per heavy atom. The molecule has 6 heteroatoms. The van der Waals surface area contributed by atoms with Crippen molar-refractivity contribution in [3.05, 3.63) is 28.7 Å². The van der Waals surface area contributed by atoms with Crippen LogP contribution in [-0.4, -0.2) is 20.8 Å². The van der Waals surface area contributed by atoms with Crippen molar-refractivity contribution < 1.29 is 13.2 Å². The van der Waals surface area contributed by atoms with E-state index in [1.807, 2.05) is 24.3 Å². The fourth-order valence-electron chi connectivity index (χ4n) is 1.24. The minimum Gasteiger partial charge on any atom is -0.493 e. The van der Waals surface area contributed by atoms with Crippen molar-refractivity contribution in [3.8, 4) is 5.75 Å². The van der Waals surface area contributed by atoms with Crippen LogP contribution in [0.2, 0.25) is 0 Å². The maximum atomic E-state index is 10.8. The van der Waals surface area contributed by atoms with Crippen molar-refractivity contribution in [2.45, 2.75) is 6.92 Å². The highest BCUT2D eigenvalue weighted by Crippen LogP contribution is 2.18. The van der Waals surface area contributed by atoms with Gasteiger partial charge in [-0.3, -0.25) is 0 Å². The van der Waals surface area contributed by atoms with Gasteiger partial charge in [0.05, 0.1) is 12.4 Å². The van der Waals surface area contributed by atoms with Gasteiger partial charge in [-0.05, 0) is 18.2 Å². The summed E-state index contributed by atoms with van der Waals surface area (Å²) in [6.07, 6.45) is 0. The molecule has 0 spiro atoms. The summed E-state index contributed by atoms with van der Waals surface area (Å²) >= 11 is 3.32. The highest BCUT2D eigenvalue weighted by atomic mass is 79.9.